The van der Waals surface area contributed by atoms with Crippen molar-refractivity contribution >= 4 is 34.3 Å². The number of benzene rings is 1. The van der Waals surface area contributed by atoms with Crippen LogP contribution in [0.1, 0.15) is 34.0 Å². The van der Waals surface area contributed by atoms with Gasteiger partial charge in [-0.3, -0.25) is 19.2 Å². The first-order valence-corrected chi connectivity index (χ1v) is 14.1. The number of fused-ring (bicyclic) bond motifs is 1. The van der Waals surface area contributed by atoms with Crippen LogP contribution in [0.25, 0.3) is 16.0 Å². The fourth-order valence-corrected chi connectivity index (χ4v) is 5.77. The van der Waals surface area contributed by atoms with E-state index in [0.29, 0.717) is 35.7 Å². The molecule has 1 aromatic carbocycles. The smallest absolute Gasteiger partial charge is 0.387 e. The lowest BCUT2D eigenvalue weighted by Crippen LogP contribution is -2.51. The number of thiophene rings is 1. The number of amides is 3. The van der Waals surface area contributed by atoms with Crippen molar-refractivity contribution in [2.75, 3.05) is 40.3 Å². The fourth-order valence-electron chi connectivity index (χ4n) is 4.84. The van der Waals surface area contributed by atoms with Crippen molar-refractivity contribution in [2.45, 2.75) is 26.2 Å². The zero-order valence-electron chi connectivity index (χ0n) is 23.4. The zero-order valence-corrected chi connectivity index (χ0v) is 24.2. The molecule has 1 aliphatic rings. The molecule has 1 aliphatic heterocycles. The highest BCUT2D eigenvalue weighted by molar-refractivity contribution is 7.16. The molecule has 42 heavy (non-hydrogen) atoms. The van der Waals surface area contributed by atoms with Crippen LogP contribution < -0.4 is 15.2 Å². The Morgan fingerprint density at radius 2 is 1.81 bits per heavy atom. The predicted molar refractivity (Wildman–Crippen MR) is 153 cm³/mol. The van der Waals surface area contributed by atoms with E-state index in [0.717, 1.165) is 35.6 Å². The maximum absolute atomic E-state index is 12.9. The largest absolute Gasteiger partial charge is 0.484 e. The highest BCUT2D eigenvalue weighted by Crippen LogP contribution is 2.37. The van der Waals surface area contributed by atoms with E-state index in [2.05, 4.69) is 19.6 Å². The van der Waals surface area contributed by atoms with Gasteiger partial charge in [-0.25, -0.2) is 9.78 Å². The summed E-state index contributed by atoms with van der Waals surface area (Å²) in [5.74, 6) is -0.463. The number of nitrogens with zero attached hydrogens (tertiary/aromatic N) is 6. The maximum Gasteiger partial charge on any atom is 0.387 e. The zero-order chi connectivity index (χ0) is 30.0. The summed E-state index contributed by atoms with van der Waals surface area (Å²) in [6.07, 6.45) is 2.62. The average Bonchev–Trinajstić information content (AvgIpc) is 3.57. The number of piperazine rings is 1. The van der Waals surface area contributed by atoms with Crippen molar-refractivity contribution in [3.8, 4) is 16.5 Å². The second-order valence-electron chi connectivity index (χ2n) is 10.0. The number of hydrogen-bond donors (Lipinski definition) is 1. The molecule has 4 heterocycles. The first-order valence-electron chi connectivity index (χ1n) is 13.3. The van der Waals surface area contributed by atoms with Gasteiger partial charge in [-0.2, -0.15) is 8.78 Å². The molecule has 3 amide bonds. The molecule has 1 unspecified atom stereocenters. The molecule has 11 nitrogen and oxygen atoms in total. The predicted octanol–water partition coefficient (Wildman–Crippen LogP) is 4.12. The number of carbonyl (C=O) groups excluding carboxylic acids is 2. The van der Waals surface area contributed by atoms with E-state index in [9.17, 15) is 18.4 Å². The van der Waals surface area contributed by atoms with Crippen molar-refractivity contribution in [1.29, 1.82) is 0 Å². The fraction of sp³-hybridized carbons (Fsp3) is 0.357. The second kappa shape index (κ2) is 12.3. The maximum atomic E-state index is 12.9. The molecular weight excluding hydrogens is 568 g/mol. The van der Waals surface area contributed by atoms with Gasteiger partial charge in [-0.15, -0.1) is 11.3 Å². The van der Waals surface area contributed by atoms with E-state index in [4.69, 9.17) is 10.5 Å². The number of imidazole rings is 1. The summed E-state index contributed by atoms with van der Waals surface area (Å²) in [4.78, 5) is 39.5. The standard InChI is InChI=1S/C28H31F2N7O4S/c1-17(19-6-4-5-7-22(19)41-27(29)30)40-23-13-24(42-25(23)26(31)38)37-16-33-20-14-32-18(12-21(20)37)15-35-8-10-36(11-9-35)28(39)34(2)3/h4-7,12-14,16-17,27H,8-11,15H2,1-3H3,(H2,31,38). The van der Waals surface area contributed by atoms with Crippen molar-refractivity contribution in [3.63, 3.8) is 0 Å². The van der Waals surface area contributed by atoms with Crippen LogP contribution in [0.3, 0.4) is 0 Å². The van der Waals surface area contributed by atoms with Gasteiger partial charge >= 0.3 is 12.6 Å². The lowest BCUT2D eigenvalue weighted by atomic mass is 10.1. The molecule has 1 saturated heterocycles. The Bertz CT molecular complexity index is 1580. The Morgan fingerprint density at radius 3 is 2.50 bits per heavy atom. The van der Waals surface area contributed by atoms with Gasteiger partial charge < -0.3 is 25.0 Å². The molecular formula is C28H31F2N7O4S. The molecule has 222 valence electrons. The third kappa shape index (κ3) is 6.29. The van der Waals surface area contributed by atoms with E-state index >= 15 is 0 Å². The normalized spacial score (nSPS) is 14.8. The van der Waals surface area contributed by atoms with Crippen LogP contribution in [0.15, 0.2) is 48.9 Å². The minimum absolute atomic E-state index is 0.00724. The first-order chi connectivity index (χ1) is 20.1. The number of urea groups is 1. The van der Waals surface area contributed by atoms with Crippen LogP contribution in [0.4, 0.5) is 13.6 Å². The van der Waals surface area contributed by atoms with Gasteiger partial charge in [-0.05, 0) is 19.1 Å². The molecule has 0 saturated carbocycles. The average molecular weight is 600 g/mol. The molecule has 5 rings (SSSR count). The summed E-state index contributed by atoms with van der Waals surface area (Å²) in [6, 6.07) is 9.97. The van der Waals surface area contributed by atoms with Crippen molar-refractivity contribution in [3.05, 3.63) is 65.1 Å². The topological polar surface area (TPSA) is 119 Å². The minimum Gasteiger partial charge on any atom is -0.484 e. The van der Waals surface area contributed by atoms with Gasteiger partial charge in [0.05, 0.1) is 17.4 Å². The number of pyridine rings is 1. The van der Waals surface area contributed by atoms with Gasteiger partial charge in [0.2, 0.25) is 0 Å². The Labute approximate surface area is 245 Å². The number of primary amides is 1. The third-order valence-electron chi connectivity index (χ3n) is 6.92. The van der Waals surface area contributed by atoms with Gasteiger partial charge in [0, 0.05) is 58.4 Å². The first kappa shape index (κ1) is 29.2. The molecule has 0 bridgehead atoms. The number of halogens is 2. The van der Waals surface area contributed by atoms with Gasteiger partial charge in [0.15, 0.2) is 0 Å². The van der Waals surface area contributed by atoms with Crippen LogP contribution in [0.5, 0.6) is 11.5 Å². The number of aromatic nitrogens is 3. The minimum atomic E-state index is -2.99. The van der Waals surface area contributed by atoms with Crippen molar-refractivity contribution in [1.82, 2.24) is 29.2 Å². The summed E-state index contributed by atoms with van der Waals surface area (Å²) >= 11 is 1.14. The molecule has 14 heteroatoms. The number of ether oxygens (including phenoxy) is 2. The lowest BCUT2D eigenvalue weighted by molar-refractivity contribution is -0.0512. The highest BCUT2D eigenvalue weighted by Gasteiger charge is 2.24. The summed E-state index contributed by atoms with van der Waals surface area (Å²) in [5, 5.41) is 0.638. The second-order valence-corrected chi connectivity index (χ2v) is 11.1. The van der Waals surface area contributed by atoms with E-state index in [1.165, 1.54) is 6.07 Å². The van der Waals surface area contributed by atoms with E-state index in [1.54, 1.807) is 62.7 Å². The van der Waals surface area contributed by atoms with Crippen LogP contribution in [-0.4, -0.2) is 88.1 Å². The SMILES string of the molecule is CC(Oc1cc(-n2cnc3cnc(CN4CCN(C(=O)N(C)C)CC4)cc32)sc1C(N)=O)c1ccccc1OC(F)F. The molecule has 0 aliphatic carbocycles. The summed E-state index contributed by atoms with van der Waals surface area (Å²) < 4.78 is 38.4. The van der Waals surface area contributed by atoms with Crippen LogP contribution in [0.2, 0.25) is 0 Å². The van der Waals surface area contributed by atoms with Crippen LogP contribution in [0, 0.1) is 0 Å². The molecule has 0 spiro atoms. The molecule has 2 N–H and O–H groups in total. The Hall–Kier alpha value is -4.30. The lowest BCUT2D eigenvalue weighted by Gasteiger charge is -2.35. The number of hydrogen-bond acceptors (Lipinski definition) is 8. The molecule has 0 radical (unpaired) electrons. The van der Waals surface area contributed by atoms with Crippen LogP contribution >= 0.6 is 11.3 Å². The van der Waals surface area contributed by atoms with E-state index in [-0.39, 0.29) is 22.4 Å². The Kier molecular flexibility index (Phi) is 8.54. The van der Waals surface area contributed by atoms with E-state index in [1.807, 2.05) is 15.5 Å². The third-order valence-corrected chi connectivity index (χ3v) is 8.05. The number of rotatable bonds is 9. The number of para-hydroxylation sites is 1. The van der Waals surface area contributed by atoms with Crippen LogP contribution in [-0.2, 0) is 6.54 Å². The monoisotopic (exact) mass is 599 g/mol. The summed E-state index contributed by atoms with van der Waals surface area (Å²) in [5.41, 5.74) is 8.37. The Balaban J connectivity index is 1.36. The summed E-state index contributed by atoms with van der Waals surface area (Å²) in [7, 11) is 3.50. The number of alkyl halides is 2. The van der Waals surface area contributed by atoms with Gasteiger partial charge in [-0.1, -0.05) is 18.2 Å². The Morgan fingerprint density at radius 1 is 1.07 bits per heavy atom. The highest BCUT2D eigenvalue weighted by atomic mass is 32.1. The molecule has 1 fully saturated rings. The molecule has 1 atom stereocenters. The van der Waals surface area contributed by atoms with E-state index < -0.39 is 18.6 Å². The quantitative estimate of drug-likeness (QED) is 0.307. The van der Waals surface area contributed by atoms with Crippen molar-refractivity contribution in [2.24, 2.45) is 5.73 Å². The number of carbonyl (C=O) groups is 2. The summed E-state index contributed by atoms with van der Waals surface area (Å²) in [6.45, 7) is 2.04. The molecule has 4 aromatic rings. The van der Waals surface area contributed by atoms with Gasteiger partial charge in [0.25, 0.3) is 5.91 Å². The number of nitrogens with two attached hydrogens (primary N) is 1. The van der Waals surface area contributed by atoms with Gasteiger partial charge in [0.1, 0.15) is 39.3 Å². The van der Waals surface area contributed by atoms with Crippen molar-refractivity contribution < 1.29 is 27.8 Å². The molecule has 3 aromatic heterocycles.